The number of benzene rings is 1. The molecule has 1 aromatic carbocycles. The number of aromatic nitrogens is 2. The minimum absolute atomic E-state index is 0.0757. The van der Waals surface area contributed by atoms with Crippen LogP contribution in [0, 0.1) is 6.92 Å². The molecule has 2 aromatic rings. The molecule has 0 spiro atoms. The van der Waals surface area contributed by atoms with Crippen LogP contribution in [-0.2, 0) is 6.54 Å². The van der Waals surface area contributed by atoms with Gasteiger partial charge in [0.25, 0.3) is 11.5 Å². The average molecular weight is 299 g/mol. The van der Waals surface area contributed by atoms with Crippen molar-refractivity contribution in [1.82, 2.24) is 15.1 Å². The first-order valence-electron chi connectivity index (χ1n) is 7.44. The van der Waals surface area contributed by atoms with E-state index in [0.717, 1.165) is 17.5 Å². The summed E-state index contributed by atoms with van der Waals surface area (Å²) in [5, 5.41) is 7.02. The van der Waals surface area contributed by atoms with E-state index in [1.165, 1.54) is 16.8 Å². The highest BCUT2D eigenvalue weighted by Crippen LogP contribution is 2.04. The summed E-state index contributed by atoms with van der Waals surface area (Å²) in [6.45, 7) is 6.29. The van der Waals surface area contributed by atoms with Gasteiger partial charge in [-0.05, 0) is 31.9 Å². The fraction of sp³-hybridized carbons (Fsp3) is 0.353. The number of hydrogen-bond acceptors (Lipinski definition) is 3. The molecule has 0 aliphatic heterocycles. The quantitative estimate of drug-likeness (QED) is 0.920. The lowest BCUT2D eigenvalue weighted by Crippen LogP contribution is -2.34. The topological polar surface area (TPSA) is 64.0 Å². The lowest BCUT2D eigenvalue weighted by atomic mass is 10.1. The second-order valence-electron chi connectivity index (χ2n) is 5.48. The zero-order valence-electron chi connectivity index (χ0n) is 13.2. The van der Waals surface area contributed by atoms with E-state index in [1.54, 1.807) is 0 Å². The van der Waals surface area contributed by atoms with E-state index in [-0.39, 0.29) is 23.2 Å². The molecule has 1 atom stereocenters. The molecule has 1 heterocycles. The number of nitrogens with one attached hydrogen (secondary N) is 1. The smallest absolute Gasteiger partial charge is 0.271 e. The van der Waals surface area contributed by atoms with Gasteiger partial charge in [-0.3, -0.25) is 9.59 Å². The number of nitrogens with zero attached hydrogens (tertiary/aromatic N) is 2. The largest absolute Gasteiger partial charge is 0.348 e. The molecular formula is C17H21N3O2. The Balaban J connectivity index is 2.21. The molecule has 2 rings (SSSR count). The molecule has 0 saturated carbocycles. The molecule has 1 unspecified atom stereocenters. The van der Waals surface area contributed by atoms with Crippen LogP contribution >= 0.6 is 0 Å². The van der Waals surface area contributed by atoms with E-state index in [9.17, 15) is 9.59 Å². The lowest BCUT2D eigenvalue weighted by molar-refractivity contribution is 0.0931. The van der Waals surface area contributed by atoms with Crippen molar-refractivity contribution in [2.24, 2.45) is 0 Å². The number of rotatable bonds is 5. The Hall–Kier alpha value is -2.43. The van der Waals surface area contributed by atoms with Crippen molar-refractivity contribution in [3.63, 3.8) is 0 Å². The van der Waals surface area contributed by atoms with E-state index < -0.39 is 0 Å². The van der Waals surface area contributed by atoms with Gasteiger partial charge in [0.1, 0.15) is 5.69 Å². The van der Waals surface area contributed by atoms with Crippen LogP contribution in [0.2, 0.25) is 0 Å². The number of carbonyl (C=O) groups excluding carboxylic acids is 1. The van der Waals surface area contributed by atoms with Crippen LogP contribution < -0.4 is 10.9 Å². The molecule has 1 N–H and O–H groups in total. The molecule has 0 fully saturated rings. The van der Waals surface area contributed by atoms with E-state index in [0.29, 0.717) is 6.54 Å². The van der Waals surface area contributed by atoms with Gasteiger partial charge in [0, 0.05) is 12.1 Å². The minimum atomic E-state index is -0.257. The van der Waals surface area contributed by atoms with Crippen molar-refractivity contribution >= 4 is 5.91 Å². The van der Waals surface area contributed by atoms with Gasteiger partial charge in [0.2, 0.25) is 0 Å². The van der Waals surface area contributed by atoms with Gasteiger partial charge >= 0.3 is 0 Å². The molecule has 0 aliphatic rings. The molecule has 0 radical (unpaired) electrons. The summed E-state index contributed by atoms with van der Waals surface area (Å²) in [6, 6.07) is 10.8. The van der Waals surface area contributed by atoms with Crippen LogP contribution in [-0.4, -0.2) is 21.7 Å². The summed E-state index contributed by atoms with van der Waals surface area (Å²) in [5.74, 6) is -0.257. The van der Waals surface area contributed by atoms with Crippen LogP contribution in [0.15, 0.2) is 41.2 Å². The van der Waals surface area contributed by atoms with Gasteiger partial charge in [-0.25, -0.2) is 4.68 Å². The molecular weight excluding hydrogens is 278 g/mol. The highest BCUT2D eigenvalue weighted by molar-refractivity contribution is 5.92. The molecule has 1 amide bonds. The maximum Gasteiger partial charge on any atom is 0.271 e. The Morgan fingerprint density at radius 2 is 1.91 bits per heavy atom. The van der Waals surface area contributed by atoms with Gasteiger partial charge in [-0.15, -0.1) is 0 Å². The zero-order chi connectivity index (χ0) is 16.1. The van der Waals surface area contributed by atoms with Gasteiger partial charge in [-0.2, -0.15) is 5.10 Å². The van der Waals surface area contributed by atoms with Crippen molar-refractivity contribution in [3.05, 3.63) is 63.6 Å². The molecule has 0 saturated heterocycles. The summed E-state index contributed by atoms with van der Waals surface area (Å²) < 4.78 is 1.32. The Morgan fingerprint density at radius 3 is 2.55 bits per heavy atom. The second kappa shape index (κ2) is 7.02. The van der Waals surface area contributed by atoms with Gasteiger partial charge in [0.15, 0.2) is 0 Å². The first kappa shape index (κ1) is 15.9. The number of amides is 1. The highest BCUT2D eigenvalue weighted by atomic mass is 16.2. The Morgan fingerprint density at radius 1 is 1.23 bits per heavy atom. The third-order valence-corrected chi connectivity index (χ3v) is 3.54. The average Bonchev–Trinajstić information content (AvgIpc) is 2.51. The van der Waals surface area contributed by atoms with Crippen molar-refractivity contribution in [2.75, 3.05) is 0 Å². The SMILES string of the molecule is CCC(C)NC(=O)c1ccc(=O)n(Cc2ccc(C)cc2)n1. The Kier molecular flexibility index (Phi) is 5.09. The van der Waals surface area contributed by atoms with Crippen molar-refractivity contribution in [2.45, 2.75) is 39.8 Å². The molecule has 5 heteroatoms. The predicted octanol–water partition coefficient (Wildman–Crippen LogP) is 2.13. The van der Waals surface area contributed by atoms with Crippen LogP contribution in [0.5, 0.6) is 0 Å². The van der Waals surface area contributed by atoms with Crippen LogP contribution in [0.1, 0.15) is 41.9 Å². The van der Waals surface area contributed by atoms with Crippen LogP contribution in [0.4, 0.5) is 0 Å². The Labute approximate surface area is 130 Å². The summed E-state index contributed by atoms with van der Waals surface area (Å²) in [6.07, 6.45) is 0.842. The normalized spacial score (nSPS) is 12.0. The number of aryl methyl sites for hydroxylation is 1. The Bertz CT molecular complexity index is 705. The zero-order valence-corrected chi connectivity index (χ0v) is 13.2. The van der Waals surface area contributed by atoms with Gasteiger partial charge in [-0.1, -0.05) is 36.8 Å². The van der Waals surface area contributed by atoms with E-state index >= 15 is 0 Å². The first-order valence-corrected chi connectivity index (χ1v) is 7.44. The van der Waals surface area contributed by atoms with Crippen LogP contribution in [0.25, 0.3) is 0 Å². The van der Waals surface area contributed by atoms with Crippen LogP contribution in [0.3, 0.4) is 0 Å². The fourth-order valence-corrected chi connectivity index (χ4v) is 1.95. The minimum Gasteiger partial charge on any atom is -0.348 e. The van der Waals surface area contributed by atoms with Crippen molar-refractivity contribution in [3.8, 4) is 0 Å². The first-order chi connectivity index (χ1) is 10.5. The molecule has 0 bridgehead atoms. The summed E-state index contributed by atoms with van der Waals surface area (Å²) in [7, 11) is 0. The summed E-state index contributed by atoms with van der Waals surface area (Å²) in [5.41, 5.74) is 2.16. The summed E-state index contributed by atoms with van der Waals surface area (Å²) in [4.78, 5) is 24.0. The van der Waals surface area contributed by atoms with Gasteiger partial charge in [0.05, 0.1) is 6.54 Å². The standard InChI is InChI=1S/C17H21N3O2/c1-4-13(3)18-17(22)15-9-10-16(21)20(19-15)11-14-7-5-12(2)6-8-14/h5-10,13H,4,11H2,1-3H3,(H,18,22). The second-order valence-corrected chi connectivity index (χ2v) is 5.48. The third kappa shape index (κ3) is 4.04. The van der Waals surface area contributed by atoms with E-state index in [4.69, 9.17) is 0 Å². The maximum atomic E-state index is 12.1. The van der Waals surface area contributed by atoms with E-state index in [2.05, 4.69) is 10.4 Å². The summed E-state index contributed by atoms with van der Waals surface area (Å²) >= 11 is 0. The molecule has 116 valence electrons. The fourth-order valence-electron chi connectivity index (χ4n) is 1.95. The lowest BCUT2D eigenvalue weighted by Gasteiger charge is -2.12. The number of hydrogen-bond donors (Lipinski definition) is 1. The highest BCUT2D eigenvalue weighted by Gasteiger charge is 2.11. The maximum absolute atomic E-state index is 12.1. The number of carbonyl (C=O) groups is 1. The molecule has 5 nitrogen and oxygen atoms in total. The van der Waals surface area contributed by atoms with Crippen molar-refractivity contribution < 1.29 is 4.79 Å². The molecule has 0 aliphatic carbocycles. The molecule has 22 heavy (non-hydrogen) atoms. The monoisotopic (exact) mass is 299 g/mol. The van der Waals surface area contributed by atoms with E-state index in [1.807, 2.05) is 45.0 Å². The molecule has 1 aromatic heterocycles. The predicted molar refractivity (Wildman–Crippen MR) is 86.0 cm³/mol. The third-order valence-electron chi connectivity index (χ3n) is 3.54. The van der Waals surface area contributed by atoms with Gasteiger partial charge < -0.3 is 5.32 Å². The van der Waals surface area contributed by atoms with Crippen molar-refractivity contribution in [1.29, 1.82) is 0 Å².